The second-order valence-electron chi connectivity index (χ2n) is 7.20. The third-order valence-corrected chi connectivity index (χ3v) is 5.75. The highest BCUT2D eigenvalue weighted by atomic mass is 16.5. The summed E-state index contributed by atoms with van der Waals surface area (Å²) in [6.45, 7) is 0.619. The monoisotopic (exact) mass is 343 g/mol. The molecule has 1 aliphatic heterocycles. The minimum atomic E-state index is -0.157. The molecule has 130 valence electrons. The van der Waals surface area contributed by atoms with Crippen LogP contribution in [0.5, 0.6) is 5.75 Å². The van der Waals surface area contributed by atoms with E-state index in [1.54, 1.807) is 6.26 Å². The van der Waals surface area contributed by atoms with Gasteiger partial charge in [0.25, 0.3) is 0 Å². The molecule has 0 spiro atoms. The molecule has 0 amide bonds. The highest BCUT2D eigenvalue weighted by Crippen LogP contribution is 2.40. The average molecular weight is 343 g/mol. The molecule has 2 heterocycles. The molecule has 1 aliphatic carbocycles. The number of nitrogens with zero attached hydrogens (tertiary/aromatic N) is 1. The molecule has 0 radical (unpaired) electrons. The Morgan fingerprint density at radius 2 is 1.88 bits per heavy atom. The number of aliphatic imine (C=N–C) groups is 1. The van der Waals surface area contributed by atoms with E-state index in [9.17, 15) is 0 Å². The smallest absolute Gasteiger partial charge is 0.175 e. The molecule has 2 aromatic carbocycles. The Labute approximate surface area is 153 Å². The normalized spacial score (nSPS) is 21.5. The van der Waals surface area contributed by atoms with Crippen molar-refractivity contribution in [1.82, 2.24) is 0 Å². The Hall–Kier alpha value is -2.81. The maximum absolute atomic E-state index is 6.10. The number of furan rings is 1. The largest absolute Gasteiger partial charge is 0.490 e. The molecule has 5 rings (SSSR count). The number of fused-ring (bicyclic) bond motifs is 2. The van der Waals surface area contributed by atoms with Gasteiger partial charge in [0.05, 0.1) is 18.4 Å². The molecule has 0 N–H and O–H groups in total. The molecule has 1 unspecified atom stereocenters. The summed E-state index contributed by atoms with van der Waals surface area (Å²) in [5, 5.41) is 1.07. The second-order valence-corrected chi connectivity index (χ2v) is 7.20. The zero-order valence-electron chi connectivity index (χ0n) is 14.6. The van der Waals surface area contributed by atoms with Crippen LogP contribution >= 0.6 is 0 Å². The molecule has 26 heavy (non-hydrogen) atoms. The van der Waals surface area contributed by atoms with Crippen molar-refractivity contribution >= 4 is 17.2 Å². The fraction of sp³-hybridized carbons (Fsp3) is 0.261. The van der Waals surface area contributed by atoms with Crippen LogP contribution in [0, 0.1) is 5.92 Å². The predicted molar refractivity (Wildman–Crippen MR) is 104 cm³/mol. The SMILES string of the molecule is C1=CC(CCOc2cccc3ccoc23)(C2Cc3ccccc3C2)N=C1. The number of hydrogen-bond donors (Lipinski definition) is 0. The van der Waals surface area contributed by atoms with E-state index in [4.69, 9.17) is 14.1 Å². The van der Waals surface area contributed by atoms with Gasteiger partial charge in [0.2, 0.25) is 0 Å². The van der Waals surface area contributed by atoms with Crippen LogP contribution in [-0.2, 0) is 12.8 Å². The summed E-state index contributed by atoms with van der Waals surface area (Å²) < 4.78 is 11.7. The first kappa shape index (κ1) is 15.4. The van der Waals surface area contributed by atoms with Gasteiger partial charge in [0.1, 0.15) is 0 Å². The van der Waals surface area contributed by atoms with Crippen molar-refractivity contribution in [2.75, 3.05) is 6.61 Å². The second kappa shape index (κ2) is 6.17. The topological polar surface area (TPSA) is 34.7 Å². The van der Waals surface area contributed by atoms with Crippen LogP contribution in [0.1, 0.15) is 17.5 Å². The third kappa shape index (κ3) is 2.55. The average Bonchev–Trinajstić information content (AvgIpc) is 3.41. The number of hydrogen-bond acceptors (Lipinski definition) is 3. The zero-order valence-corrected chi connectivity index (χ0v) is 14.6. The van der Waals surface area contributed by atoms with Gasteiger partial charge in [-0.2, -0.15) is 0 Å². The van der Waals surface area contributed by atoms with E-state index in [0.717, 1.165) is 36.0 Å². The van der Waals surface area contributed by atoms with Gasteiger partial charge in [-0.3, -0.25) is 4.99 Å². The molecule has 1 atom stereocenters. The van der Waals surface area contributed by atoms with Crippen LogP contribution in [0.3, 0.4) is 0 Å². The van der Waals surface area contributed by atoms with Gasteiger partial charge in [-0.1, -0.05) is 42.5 Å². The Kier molecular flexibility index (Phi) is 3.66. The van der Waals surface area contributed by atoms with Crippen LogP contribution in [-0.4, -0.2) is 18.4 Å². The van der Waals surface area contributed by atoms with E-state index >= 15 is 0 Å². The number of allylic oxidation sites excluding steroid dienone is 1. The number of ether oxygens (including phenoxy) is 1. The van der Waals surface area contributed by atoms with Gasteiger partial charge in [-0.15, -0.1) is 0 Å². The lowest BCUT2D eigenvalue weighted by atomic mass is 9.80. The van der Waals surface area contributed by atoms with Crippen LogP contribution < -0.4 is 4.74 Å². The van der Waals surface area contributed by atoms with Crippen molar-refractivity contribution in [3.8, 4) is 5.75 Å². The van der Waals surface area contributed by atoms with Crippen molar-refractivity contribution in [2.24, 2.45) is 10.9 Å². The number of benzene rings is 2. The quantitative estimate of drug-likeness (QED) is 0.654. The summed E-state index contributed by atoms with van der Waals surface area (Å²) in [5.41, 5.74) is 3.60. The summed E-state index contributed by atoms with van der Waals surface area (Å²) in [6.07, 6.45) is 11.0. The van der Waals surface area contributed by atoms with Gasteiger partial charge in [-0.25, -0.2) is 0 Å². The lowest BCUT2D eigenvalue weighted by molar-refractivity contribution is 0.241. The zero-order chi connectivity index (χ0) is 17.4. The van der Waals surface area contributed by atoms with Crippen LogP contribution in [0.4, 0.5) is 0 Å². The Morgan fingerprint density at radius 3 is 2.65 bits per heavy atom. The number of para-hydroxylation sites is 1. The van der Waals surface area contributed by atoms with E-state index in [1.807, 2.05) is 30.5 Å². The van der Waals surface area contributed by atoms with E-state index in [-0.39, 0.29) is 5.54 Å². The molecular formula is C23H21NO2. The highest BCUT2D eigenvalue weighted by Gasteiger charge is 2.40. The Balaban J connectivity index is 1.32. The first-order valence-corrected chi connectivity index (χ1v) is 9.23. The standard InChI is InChI=1S/C23H21NO2/c1-2-6-19-16-20(15-18(19)5-1)23(10-4-12-24-23)11-14-25-21-8-3-7-17-9-13-26-22(17)21/h1-10,12-13,20H,11,14-16H2. The Bertz CT molecular complexity index is 961. The summed E-state index contributed by atoms with van der Waals surface area (Å²) in [6, 6.07) is 16.7. The van der Waals surface area contributed by atoms with Crippen LogP contribution in [0.15, 0.2) is 76.4 Å². The summed E-state index contributed by atoms with van der Waals surface area (Å²) in [5.74, 6) is 1.31. The molecule has 2 aliphatic rings. The molecule has 0 saturated heterocycles. The van der Waals surface area contributed by atoms with E-state index in [0.29, 0.717) is 12.5 Å². The highest BCUT2D eigenvalue weighted by molar-refractivity contribution is 5.82. The molecule has 3 heteroatoms. The predicted octanol–water partition coefficient (Wildman–Crippen LogP) is 5.00. The summed E-state index contributed by atoms with van der Waals surface area (Å²) in [4.78, 5) is 4.88. The summed E-state index contributed by atoms with van der Waals surface area (Å²) in [7, 11) is 0. The maximum atomic E-state index is 6.10. The molecule has 0 fully saturated rings. The summed E-state index contributed by atoms with van der Waals surface area (Å²) >= 11 is 0. The van der Waals surface area contributed by atoms with Gasteiger partial charge in [-0.05, 0) is 48.1 Å². The molecule has 0 bridgehead atoms. The molecule has 3 nitrogen and oxygen atoms in total. The number of rotatable bonds is 5. The van der Waals surface area contributed by atoms with Crippen molar-refractivity contribution in [1.29, 1.82) is 0 Å². The van der Waals surface area contributed by atoms with E-state index in [2.05, 4.69) is 36.4 Å². The molecule has 0 saturated carbocycles. The maximum Gasteiger partial charge on any atom is 0.175 e. The Morgan fingerprint density at radius 1 is 1.04 bits per heavy atom. The van der Waals surface area contributed by atoms with Crippen molar-refractivity contribution in [3.05, 3.63) is 78.1 Å². The van der Waals surface area contributed by atoms with Crippen LogP contribution in [0.25, 0.3) is 11.0 Å². The molecule has 1 aromatic heterocycles. The van der Waals surface area contributed by atoms with E-state index in [1.165, 1.54) is 11.1 Å². The van der Waals surface area contributed by atoms with Gasteiger partial charge >= 0.3 is 0 Å². The van der Waals surface area contributed by atoms with Crippen LogP contribution in [0.2, 0.25) is 0 Å². The fourth-order valence-electron chi connectivity index (χ4n) is 4.34. The van der Waals surface area contributed by atoms with Crippen molar-refractivity contribution in [3.63, 3.8) is 0 Å². The molecule has 3 aromatic rings. The lowest BCUT2D eigenvalue weighted by Crippen LogP contribution is -2.35. The van der Waals surface area contributed by atoms with Crippen molar-refractivity contribution < 1.29 is 9.15 Å². The minimum absolute atomic E-state index is 0.157. The first-order chi connectivity index (χ1) is 12.8. The third-order valence-electron chi connectivity index (χ3n) is 5.75. The fourth-order valence-corrected chi connectivity index (χ4v) is 4.34. The van der Waals surface area contributed by atoms with Gasteiger partial charge < -0.3 is 9.15 Å². The van der Waals surface area contributed by atoms with E-state index < -0.39 is 0 Å². The first-order valence-electron chi connectivity index (χ1n) is 9.23. The van der Waals surface area contributed by atoms with Gasteiger partial charge in [0, 0.05) is 18.0 Å². The van der Waals surface area contributed by atoms with Gasteiger partial charge in [0.15, 0.2) is 11.3 Å². The minimum Gasteiger partial charge on any atom is -0.490 e. The lowest BCUT2D eigenvalue weighted by Gasteiger charge is -2.31. The molecular weight excluding hydrogens is 322 g/mol. The van der Waals surface area contributed by atoms with Crippen molar-refractivity contribution in [2.45, 2.75) is 24.8 Å².